The number of hydrogen-bond acceptors (Lipinski definition) is 2. The van der Waals surface area contributed by atoms with Gasteiger partial charge in [0.05, 0.1) is 7.85 Å². The largest absolute Gasteiger partial charge is 0.356 e. The van der Waals surface area contributed by atoms with Gasteiger partial charge in [0.15, 0.2) is 0 Å². The molecule has 2 N–H and O–H groups in total. The quantitative estimate of drug-likeness (QED) is 0.463. The van der Waals surface area contributed by atoms with E-state index in [1.54, 1.807) is 0 Å². The third-order valence-corrected chi connectivity index (χ3v) is 1.57. The molecule has 0 bridgehead atoms. The summed E-state index contributed by atoms with van der Waals surface area (Å²) in [7, 11) is 7.59. The monoisotopic (exact) mass is 182 g/mol. The standard InChI is InChI=1S/C9H19BN2O/c1-9(2,10)7-12-8(13)5-4-6-11-3/h11H,4-7H2,1-3H3,(H,12,13). The van der Waals surface area contributed by atoms with Crippen LogP contribution in [0.5, 0.6) is 0 Å². The Morgan fingerprint density at radius 1 is 1.46 bits per heavy atom. The highest BCUT2D eigenvalue weighted by Gasteiger charge is 2.10. The van der Waals surface area contributed by atoms with Crippen molar-refractivity contribution in [1.29, 1.82) is 0 Å². The van der Waals surface area contributed by atoms with Gasteiger partial charge in [-0.15, -0.1) is 0 Å². The summed E-state index contributed by atoms with van der Waals surface area (Å²) in [6.45, 7) is 5.19. The second-order valence-corrected chi connectivity index (χ2v) is 3.97. The van der Waals surface area contributed by atoms with Crippen LogP contribution in [0.4, 0.5) is 0 Å². The molecule has 0 saturated heterocycles. The van der Waals surface area contributed by atoms with E-state index in [1.807, 2.05) is 20.9 Å². The minimum atomic E-state index is -0.321. The van der Waals surface area contributed by atoms with Gasteiger partial charge in [0, 0.05) is 13.0 Å². The normalized spacial score (nSPS) is 11.3. The van der Waals surface area contributed by atoms with Gasteiger partial charge in [-0.3, -0.25) is 4.79 Å². The van der Waals surface area contributed by atoms with Crippen molar-refractivity contribution in [2.75, 3.05) is 20.1 Å². The van der Waals surface area contributed by atoms with Gasteiger partial charge in [0.1, 0.15) is 0 Å². The summed E-state index contributed by atoms with van der Waals surface area (Å²) in [5.41, 5.74) is 0. The molecule has 1 amide bonds. The molecule has 0 rings (SSSR count). The third-order valence-electron chi connectivity index (χ3n) is 1.57. The van der Waals surface area contributed by atoms with E-state index in [4.69, 9.17) is 7.85 Å². The Labute approximate surface area is 82.1 Å². The average molecular weight is 182 g/mol. The molecule has 0 saturated carbocycles. The van der Waals surface area contributed by atoms with Crippen molar-refractivity contribution in [3.8, 4) is 0 Å². The van der Waals surface area contributed by atoms with E-state index in [0.29, 0.717) is 13.0 Å². The predicted octanol–water partition coefficient (Wildman–Crippen LogP) is 0.469. The highest BCUT2D eigenvalue weighted by molar-refractivity contribution is 6.14. The lowest BCUT2D eigenvalue weighted by Crippen LogP contribution is -2.30. The minimum absolute atomic E-state index is 0.0776. The molecule has 13 heavy (non-hydrogen) atoms. The number of carbonyl (C=O) groups excluding carboxylic acids is 1. The van der Waals surface area contributed by atoms with Gasteiger partial charge in [-0.1, -0.05) is 19.2 Å². The lowest BCUT2D eigenvalue weighted by atomic mass is 9.72. The van der Waals surface area contributed by atoms with Crippen molar-refractivity contribution in [2.45, 2.75) is 32.0 Å². The summed E-state index contributed by atoms with van der Waals surface area (Å²) in [5, 5.41) is 5.46. The molecule has 0 aromatic rings. The molecule has 0 aromatic carbocycles. The summed E-state index contributed by atoms with van der Waals surface area (Å²) >= 11 is 0. The topological polar surface area (TPSA) is 41.1 Å². The van der Waals surface area contributed by atoms with Crippen molar-refractivity contribution < 1.29 is 4.79 Å². The Hall–Kier alpha value is -0.505. The summed E-state index contributed by atoms with van der Waals surface area (Å²) in [4.78, 5) is 11.2. The van der Waals surface area contributed by atoms with Crippen LogP contribution in [0.15, 0.2) is 0 Å². The van der Waals surface area contributed by atoms with E-state index in [2.05, 4.69) is 10.6 Å². The van der Waals surface area contributed by atoms with Crippen molar-refractivity contribution >= 4 is 13.8 Å². The molecular formula is C9H19BN2O. The third kappa shape index (κ3) is 9.41. The van der Waals surface area contributed by atoms with Gasteiger partial charge >= 0.3 is 0 Å². The average Bonchev–Trinajstić information content (AvgIpc) is 2.00. The van der Waals surface area contributed by atoms with Crippen LogP contribution in [0.25, 0.3) is 0 Å². The second kappa shape index (κ2) is 6.03. The molecule has 0 unspecified atom stereocenters. The molecule has 3 nitrogen and oxygen atoms in total. The van der Waals surface area contributed by atoms with Crippen LogP contribution in [0.2, 0.25) is 5.31 Å². The molecule has 0 aromatic heterocycles. The molecule has 0 aliphatic rings. The molecule has 0 fully saturated rings. The Bertz CT molecular complexity index is 154. The first kappa shape index (κ1) is 12.5. The van der Waals surface area contributed by atoms with Crippen LogP contribution in [0.3, 0.4) is 0 Å². The van der Waals surface area contributed by atoms with E-state index in [9.17, 15) is 4.79 Å². The predicted molar refractivity (Wildman–Crippen MR) is 56.0 cm³/mol. The zero-order chi connectivity index (χ0) is 10.3. The maximum Gasteiger partial charge on any atom is 0.220 e. The second-order valence-electron chi connectivity index (χ2n) is 3.97. The lowest BCUT2D eigenvalue weighted by molar-refractivity contribution is -0.121. The van der Waals surface area contributed by atoms with Crippen LogP contribution in [0, 0.1) is 0 Å². The van der Waals surface area contributed by atoms with E-state index >= 15 is 0 Å². The Kier molecular flexibility index (Phi) is 5.79. The van der Waals surface area contributed by atoms with Crippen LogP contribution in [0.1, 0.15) is 26.7 Å². The van der Waals surface area contributed by atoms with Gasteiger partial charge < -0.3 is 10.6 Å². The molecule has 0 atom stereocenters. The summed E-state index contributed by atoms with van der Waals surface area (Å²) in [6, 6.07) is 0. The maximum atomic E-state index is 11.2. The number of rotatable bonds is 6. The van der Waals surface area contributed by atoms with Crippen molar-refractivity contribution in [1.82, 2.24) is 10.6 Å². The van der Waals surface area contributed by atoms with E-state index in [-0.39, 0.29) is 11.2 Å². The van der Waals surface area contributed by atoms with Crippen molar-refractivity contribution in [3.63, 3.8) is 0 Å². The summed E-state index contributed by atoms with van der Waals surface area (Å²) in [6.07, 6.45) is 1.43. The van der Waals surface area contributed by atoms with E-state index < -0.39 is 0 Å². The van der Waals surface area contributed by atoms with Crippen LogP contribution in [-0.4, -0.2) is 33.9 Å². The van der Waals surface area contributed by atoms with Gasteiger partial charge in [-0.05, 0) is 20.0 Å². The lowest BCUT2D eigenvalue weighted by Gasteiger charge is -2.19. The minimum Gasteiger partial charge on any atom is -0.356 e. The molecule has 0 heterocycles. The fourth-order valence-corrected chi connectivity index (χ4v) is 0.841. The first-order valence-corrected chi connectivity index (χ1v) is 4.66. The van der Waals surface area contributed by atoms with Crippen LogP contribution >= 0.6 is 0 Å². The fourth-order valence-electron chi connectivity index (χ4n) is 0.841. The Morgan fingerprint density at radius 2 is 2.08 bits per heavy atom. The zero-order valence-corrected chi connectivity index (χ0v) is 8.81. The van der Waals surface area contributed by atoms with Gasteiger partial charge in [-0.2, -0.15) is 0 Å². The number of hydrogen-bond donors (Lipinski definition) is 2. The zero-order valence-electron chi connectivity index (χ0n) is 8.81. The summed E-state index contributed by atoms with van der Waals surface area (Å²) in [5.74, 6) is 0.0776. The number of nitrogens with one attached hydrogen (secondary N) is 2. The highest BCUT2D eigenvalue weighted by Crippen LogP contribution is 2.15. The molecule has 4 heteroatoms. The number of carbonyl (C=O) groups is 1. The SMILES string of the molecule is [B]C(C)(C)CNC(=O)CCCNC. The first-order valence-electron chi connectivity index (χ1n) is 4.66. The Balaban J connectivity index is 3.41. The molecule has 0 spiro atoms. The highest BCUT2D eigenvalue weighted by atomic mass is 16.1. The van der Waals surface area contributed by atoms with Gasteiger partial charge in [0.25, 0.3) is 0 Å². The molecule has 0 aliphatic carbocycles. The van der Waals surface area contributed by atoms with E-state index in [0.717, 1.165) is 13.0 Å². The molecule has 74 valence electrons. The van der Waals surface area contributed by atoms with Crippen LogP contribution in [-0.2, 0) is 4.79 Å². The fraction of sp³-hybridized carbons (Fsp3) is 0.889. The molecule has 2 radical (unpaired) electrons. The summed E-state index contributed by atoms with van der Waals surface area (Å²) < 4.78 is 0. The van der Waals surface area contributed by atoms with Gasteiger partial charge in [0.2, 0.25) is 5.91 Å². The van der Waals surface area contributed by atoms with Crippen molar-refractivity contribution in [3.05, 3.63) is 0 Å². The Morgan fingerprint density at radius 3 is 2.54 bits per heavy atom. The smallest absolute Gasteiger partial charge is 0.220 e. The molecular weight excluding hydrogens is 163 g/mol. The van der Waals surface area contributed by atoms with Crippen molar-refractivity contribution in [2.24, 2.45) is 0 Å². The first-order chi connectivity index (χ1) is 5.95. The number of amides is 1. The maximum absolute atomic E-state index is 11.2. The molecule has 0 aliphatic heterocycles. The van der Waals surface area contributed by atoms with Gasteiger partial charge in [-0.25, -0.2) is 0 Å². The van der Waals surface area contributed by atoms with Crippen LogP contribution < -0.4 is 10.6 Å². The van der Waals surface area contributed by atoms with E-state index in [1.165, 1.54) is 0 Å².